The van der Waals surface area contributed by atoms with Gasteiger partial charge in [-0.2, -0.15) is 0 Å². The summed E-state index contributed by atoms with van der Waals surface area (Å²) in [5.74, 6) is 0.531. The lowest BCUT2D eigenvalue weighted by molar-refractivity contribution is 0.0951. The largest absolute Gasteiger partial charge is 0.495 e. The van der Waals surface area contributed by atoms with E-state index in [4.69, 9.17) is 4.74 Å². The highest BCUT2D eigenvalue weighted by Crippen LogP contribution is 2.30. The smallest absolute Gasteiger partial charge is 0.251 e. The van der Waals surface area contributed by atoms with E-state index in [9.17, 15) is 4.79 Å². The first-order valence-electron chi connectivity index (χ1n) is 8.50. The van der Waals surface area contributed by atoms with E-state index in [0.29, 0.717) is 17.9 Å². The molecule has 0 aliphatic carbocycles. The molecule has 1 amide bonds. The lowest BCUT2D eigenvalue weighted by atomic mass is 10.1. The van der Waals surface area contributed by atoms with Crippen LogP contribution in [-0.4, -0.2) is 18.0 Å². The fraction of sp³-hybridized carbons (Fsp3) is 0.143. The molecule has 0 atom stereocenters. The molecular formula is C21H21N3O2S. The topological polar surface area (TPSA) is 63.2 Å². The highest BCUT2D eigenvalue weighted by atomic mass is 32.2. The SMILES string of the molecule is COc1ccc(C(=O)NCc2cccnc2)cc1NSc1ccc(C)cc1. The summed E-state index contributed by atoms with van der Waals surface area (Å²) < 4.78 is 8.67. The van der Waals surface area contributed by atoms with Gasteiger partial charge in [0.25, 0.3) is 5.91 Å². The molecule has 0 bridgehead atoms. The van der Waals surface area contributed by atoms with Gasteiger partial charge in [0.1, 0.15) is 5.75 Å². The van der Waals surface area contributed by atoms with Crippen LogP contribution in [0, 0.1) is 6.92 Å². The standard InChI is InChI=1S/C21H21N3O2S/c1-15-5-8-18(9-6-15)27-24-19-12-17(7-10-20(19)26-2)21(25)23-14-16-4-3-11-22-13-16/h3-13,24H,14H2,1-2H3,(H,23,25). The van der Waals surface area contributed by atoms with Crippen LogP contribution in [0.3, 0.4) is 0 Å². The summed E-state index contributed by atoms with van der Waals surface area (Å²) >= 11 is 1.47. The van der Waals surface area contributed by atoms with Crippen molar-refractivity contribution in [2.45, 2.75) is 18.4 Å². The Morgan fingerprint density at radius 3 is 2.67 bits per heavy atom. The van der Waals surface area contributed by atoms with Crippen LogP contribution in [0.4, 0.5) is 5.69 Å². The van der Waals surface area contributed by atoms with E-state index in [2.05, 4.69) is 34.1 Å². The number of anilines is 1. The number of pyridine rings is 1. The molecule has 1 heterocycles. The third-order valence-corrected chi connectivity index (χ3v) is 4.77. The molecule has 0 aliphatic heterocycles. The molecule has 2 aromatic carbocycles. The average Bonchev–Trinajstić information content (AvgIpc) is 2.72. The van der Waals surface area contributed by atoms with Crippen LogP contribution in [-0.2, 0) is 6.54 Å². The monoisotopic (exact) mass is 379 g/mol. The number of rotatable bonds is 7. The van der Waals surface area contributed by atoms with Gasteiger partial charge in [0.05, 0.1) is 12.8 Å². The molecule has 138 valence electrons. The molecule has 3 aromatic rings. The van der Waals surface area contributed by atoms with Crippen LogP contribution in [0.2, 0.25) is 0 Å². The van der Waals surface area contributed by atoms with Crippen molar-refractivity contribution < 1.29 is 9.53 Å². The molecule has 0 radical (unpaired) electrons. The number of methoxy groups -OCH3 is 1. The minimum absolute atomic E-state index is 0.148. The van der Waals surface area contributed by atoms with Crippen molar-refractivity contribution in [2.75, 3.05) is 11.8 Å². The number of benzene rings is 2. The number of ether oxygens (including phenoxy) is 1. The van der Waals surface area contributed by atoms with Gasteiger partial charge in [-0.3, -0.25) is 9.78 Å². The molecule has 0 fully saturated rings. The molecule has 0 unspecified atom stereocenters. The van der Waals surface area contributed by atoms with Gasteiger partial charge in [-0.05, 0) is 60.8 Å². The molecule has 5 nitrogen and oxygen atoms in total. The first kappa shape index (κ1) is 18.8. The number of carbonyl (C=O) groups is 1. The quantitative estimate of drug-likeness (QED) is 0.594. The Morgan fingerprint density at radius 2 is 1.96 bits per heavy atom. The molecule has 0 spiro atoms. The molecule has 1 aromatic heterocycles. The van der Waals surface area contributed by atoms with Gasteiger partial charge in [0.2, 0.25) is 0 Å². The van der Waals surface area contributed by atoms with E-state index in [1.807, 2.05) is 24.3 Å². The van der Waals surface area contributed by atoms with E-state index < -0.39 is 0 Å². The summed E-state index contributed by atoms with van der Waals surface area (Å²) in [5, 5.41) is 2.91. The summed E-state index contributed by atoms with van der Waals surface area (Å²) in [6.07, 6.45) is 3.44. The molecular weight excluding hydrogens is 358 g/mol. The average molecular weight is 379 g/mol. The predicted octanol–water partition coefficient (Wildman–Crippen LogP) is 4.45. The first-order chi connectivity index (χ1) is 13.2. The number of nitrogens with one attached hydrogen (secondary N) is 2. The number of carbonyl (C=O) groups excluding carboxylic acids is 1. The fourth-order valence-corrected chi connectivity index (χ4v) is 3.10. The van der Waals surface area contributed by atoms with Gasteiger partial charge in [0, 0.05) is 29.4 Å². The van der Waals surface area contributed by atoms with Gasteiger partial charge < -0.3 is 14.8 Å². The van der Waals surface area contributed by atoms with Gasteiger partial charge in [0.15, 0.2) is 0 Å². The minimum Gasteiger partial charge on any atom is -0.495 e. The van der Waals surface area contributed by atoms with Crippen molar-refractivity contribution in [1.82, 2.24) is 10.3 Å². The van der Waals surface area contributed by atoms with E-state index in [1.54, 1.807) is 37.7 Å². The number of hydrogen-bond donors (Lipinski definition) is 2. The Balaban J connectivity index is 1.68. The van der Waals surface area contributed by atoms with Crippen LogP contribution >= 0.6 is 11.9 Å². The van der Waals surface area contributed by atoms with Crippen LogP contribution in [0.5, 0.6) is 5.75 Å². The molecule has 27 heavy (non-hydrogen) atoms. The van der Waals surface area contributed by atoms with E-state index in [-0.39, 0.29) is 5.91 Å². The summed E-state index contributed by atoms with van der Waals surface area (Å²) in [6.45, 7) is 2.48. The van der Waals surface area contributed by atoms with Crippen molar-refractivity contribution in [3.8, 4) is 5.75 Å². The number of hydrogen-bond acceptors (Lipinski definition) is 5. The minimum atomic E-state index is -0.148. The Morgan fingerprint density at radius 1 is 1.15 bits per heavy atom. The summed E-state index contributed by atoms with van der Waals surface area (Å²) in [4.78, 5) is 17.6. The Bertz CT molecular complexity index is 899. The normalized spacial score (nSPS) is 10.3. The lowest BCUT2D eigenvalue weighted by Crippen LogP contribution is -2.22. The molecule has 6 heteroatoms. The van der Waals surface area contributed by atoms with Crippen molar-refractivity contribution in [3.05, 3.63) is 83.7 Å². The molecule has 0 saturated heterocycles. The van der Waals surface area contributed by atoms with E-state index in [0.717, 1.165) is 16.1 Å². The number of aromatic nitrogens is 1. The predicted molar refractivity (Wildman–Crippen MR) is 109 cm³/mol. The molecule has 0 aliphatic rings. The lowest BCUT2D eigenvalue weighted by Gasteiger charge is -2.12. The zero-order valence-electron chi connectivity index (χ0n) is 15.2. The van der Waals surface area contributed by atoms with E-state index >= 15 is 0 Å². The van der Waals surface area contributed by atoms with Crippen LogP contribution in [0.25, 0.3) is 0 Å². The maximum atomic E-state index is 12.5. The van der Waals surface area contributed by atoms with Gasteiger partial charge in [-0.15, -0.1) is 0 Å². The van der Waals surface area contributed by atoms with Crippen LogP contribution in [0.1, 0.15) is 21.5 Å². The number of aryl methyl sites for hydroxylation is 1. The summed E-state index contributed by atoms with van der Waals surface area (Å²) in [7, 11) is 1.61. The second-order valence-corrected chi connectivity index (χ2v) is 6.86. The van der Waals surface area contributed by atoms with Gasteiger partial charge in [-0.25, -0.2) is 0 Å². The molecule has 3 rings (SSSR count). The number of amides is 1. The Labute approximate surface area is 163 Å². The second kappa shape index (κ2) is 9.09. The molecule has 0 saturated carbocycles. The summed E-state index contributed by atoms with van der Waals surface area (Å²) in [5.41, 5.74) is 3.47. The van der Waals surface area contributed by atoms with Gasteiger partial charge in [-0.1, -0.05) is 23.8 Å². The Kier molecular flexibility index (Phi) is 6.33. The Hall–Kier alpha value is -2.99. The zero-order chi connectivity index (χ0) is 19.1. The van der Waals surface area contributed by atoms with Crippen LogP contribution in [0.15, 0.2) is 71.9 Å². The second-order valence-electron chi connectivity index (χ2n) is 5.98. The zero-order valence-corrected chi connectivity index (χ0v) is 16.0. The van der Waals surface area contributed by atoms with Gasteiger partial charge >= 0.3 is 0 Å². The van der Waals surface area contributed by atoms with E-state index in [1.165, 1.54) is 17.5 Å². The van der Waals surface area contributed by atoms with Crippen molar-refractivity contribution in [2.24, 2.45) is 0 Å². The highest BCUT2D eigenvalue weighted by Gasteiger charge is 2.11. The highest BCUT2D eigenvalue weighted by molar-refractivity contribution is 8.00. The van der Waals surface area contributed by atoms with Crippen molar-refractivity contribution >= 4 is 23.5 Å². The van der Waals surface area contributed by atoms with Crippen molar-refractivity contribution in [1.29, 1.82) is 0 Å². The number of nitrogens with zero attached hydrogens (tertiary/aromatic N) is 1. The maximum Gasteiger partial charge on any atom is 0.251 e. The fourth-order valence-electron chi connectivity index (χ4n) is 2.44. The van der Waals surface area contributed by atoms with Crippen molar-refractivity contribution in [3.63, 3.8) is 0 Å². The maximum absolute atomic E-state index is 12.5. The first-order valence-corrected chi connectivity index (χ1v) is 9.32. The third kappa shape index (κ3) is 5.24. The van der Waals surface area contributed by atoms with Crippen LogP contribution < -0.4 is 14.8 Å². The third-order valence-electron chi connectivity index (χ3n) is 3.94. The molecule has 2 N–H and O–H groups in total. The summed E-state index contributed by atoms with van der Waals surface area (Å²) in [6, 6.07) is 17.3.